The van der Waals surface area contributed by atoms with Crippen molar-refractivity contribution in [1.82, 2.24) is 0 Å². The van der Waals surface area contributed by atoms with Gasteiger partial charge in [-0.15, -0.1) is 0 Å². The Labute approximate surface area is 145 Å². The summed E-state index contributed by atoms with van der Waals surface area (Å²) in [5, 5.41) is 21.0. The van der Waals surface area contributed by atoms with Crippen molar-refractivity contribution in [1.29, 1.82) is 0 Å². The lowest BCUT2D eigenvalue weighted by Gasteiger charge is -2.60. The average Bonchev–Trinajstić information content (AvgIpc) is 2.87. The predicted molar refractivity (Wildman–Crippen MR) is 93.3 cm³/mol. The lowest BCUT2D eigenvalue weighted by atomic mass is 9.45. The van der Waals surface area contributed by atoms with Gasteiger partial charge in [-0.3, -0.25) is 4.79 Å². The number of carbonyl (C=O) groups excluding carboxylic acids is 1. The van der Waals surface area contributed by atoms with E-state index in [-0.39, 0.29) is 34.9 Å². The van der Waals surface area contributed by atoms with Crippen molar-refractivity contribution < 1.29 is 15.0 Å². The maximum absolute atomic E-state index is 12.1. The Bertz CT molecular complexity index is 582. The van der Waals surface area contributed by atoms with Gasteiger partial charge in [0.15, 0.2) is 0 Å². The second-order valence-electron chi connectivity index (χ2n) is 9.57. The van der Waals surface area contributed by atoms with Gasteiger partial charge >= 0.3 is 0 Å². The fourth-order valence-corrected chi connectivity index (χ4v) is 7.23. The Balaban J connectivity index is 1.68. The van der Waals surface area contributed by atoms with Gasteiger partial charge in [-0.2, -0.15) is 0 Å². The highest BCUT2D eigenvalue weighted by Gasteiger charge is 2.60. The van der Waals surface area contributed by atoms with Crippen LogP contribution < -0.4 is 0 Å². The maximum atomic E-state index is 12.1. The van der Waals surface area contributed by atoms with E-state index in [2.05, 4.69) is 19.9 Å². The molecule has 0 bridgehead atoms. The van der Waals surface area contributed by atoms with Crippen LogP contribution in [-0.4, -0.2) is 28.2 Å². The van der Waals surface area contributed by atoms with Crippen LogP contribution >= 0.6 is 0 Å². The third kappa shape index (κ3) is 2.13. The highest BCUT2D eigenvalue weighted by atomic mass is 16.3. The zero-order valence-corrected chi connectivity index (χ0v) is 15.3. The molecular weight excluding hydrogens is 300 g/mol. The molecule has 3 saturated carbocycles. The molecule has 0 heterocycles. The fraction of sp³-hybridized carbons (Fsp3) is 0.857. The van der Waals surface area contributed by atoms with Gasteiger partial charge in [-0.1, -0.05) is 25.5 Å². The standard InChI is InChI=1S/C21H32O3/c1-12(22)15-4-5-16-14-11-19(24)18-10-13(23)6-8-21(18,3)17(14)7-9-20(15,16)2/h5,13-15,17-19,23-24H,4,6-11H2,1-3H3/t13?,14-,15+,17-,18?,19?,20+,21+/m0/s1. The van der Waals surface area contributed by atoms with Crippen LogP contribution in [0.1, 0.15) is 65.7 Å². The summed E-state index contributed by atoms with van der Waals surface area (Å²) < 4.78 is 0. The van der Waals surface area contributed by atoms with Crippen LogP contribution in [0.3, 0.4) is 0 Å². The van der Waals surface area contributed by atoms with E-state index in [1.807, 2.05) is 0 Å². The summed E-state index contributed by atoms with van der Waals surface area (Å²) in [4.78, 5) is 12.1. The third-order valence-electron chi connectivity index (χ3n) is 8.55. The molecule has 3 nitrogen and oxygen atoms in total. The topological polar surface area (TPSA) is 57.5 Å². The minimum Gasteiger partial charge on any atom is -0.393 e. The van der Waals surface area contributed by atoms with Crippen LogP contribution in [0.4, 0.5) is 0 Å². The molecule has 3 heteroatoms. The molecule has 8 atom stereocenters. The molecule has 3 fully saturated rings. The molecule has 134 valence electrons. The van der Waals surface area contributed by atoms with Crippen molar-refractivity contribution in [3.05, 3.63) is 11.6 Å². The van der Waals surface area contributed by atoms with E-state index >= 15 is 0 Å². The van der Waals surface area contributed by atoms with Gasteiger partial charge in [0.25, 0.3) is 0 Å². The molecule has 0 aromatic carbocycles. The Kier molecular flexibility index (Phi) is 3.78. The zero-order valence-electron chi connectivity index (χ0n) is 15.3. The average molecular weight is 332 g/mol. The molecule has 0 aromatic heterocycles. The van der Waals surface area contributed by atoms with Gasteiger partial charge in [0.2, 0.25) is 0 Å². The summed E-state index contributed by atoms with van der Waals surface area (Å²) in [6, 6.07) is 0. The Hall–Kier alpha value is -0.670. The number of ketones is 1. The van der Waals surface area contributed by atoms with E-state index in [1.165, 1.54) is 5.57 Å². The largest absolute Gasteiger partial charge is 0.393 e. The maximum Gasteiger partial charge on any atom is 0.134 e. The molecule has 4 rings (SSSR count). The number of aliphatic hydroxyl groups excluding tert-OH is 2. The number of hydrogen-bond acceptors (Lipinski definition) is 3. The second kappa shape index (κ2) is 5.41. The summed E-state index contributed by atoms with van der Waals surface area (Å²) in [5.74, 6) is 1.73. The number of allylic oxidation sites excluding steroid dienone is 2. The number of Topliss-reactive ketones (excluding diaryl/α,β-unsaturated/α-hetero) is 1. The minimum absolute atomic E-state index is 0.0180. The van der Waals surface area contributed by atoms with Crippen LogP contribution in [0.5, 0.6) is 0 Å². The van der Waals surface area contributed by atoms with Gasteiger partial charge in [-0.05, 0) is 80.5 Å². The molecular formula is C21H32O3. The zero-order chi connectivity index (χ0) is 17.3. The summed E-state index contributed by atoms with van der Waals surface area (Å²) in [6.45, 7) is 6.40. The number of fused-ring (bicyclic) bond motifs is 5. The first-order valence-corrected chi connectivity index (χ1v) is 9.84. The summed E-state index contributed by atoms with van der Waals surface area (Å²) >= 11 is 0. The molecule has 0 aromatic rings. The number of carbonyl (C=O) groups is 1. The van der Waals surface area contributed by atoms with E-state index in [1.54, 1.807) is 6.92 Å². The van der Waals surface area contributed by atoms with Gasteiger partial charge in [0.05, 0.1) is 12.2 Å². The first-order valence-electron chi connectivity index (χ1n) is 9.84. The van der Waals surface area contributed by atoms with E-state index in [4.69, 9.17) is 0 Å². The molecule has 24 heavy (non-hydrogen) atoms. The van der Waals surface area contributed by atoms with Crippen molar-refractivity contribution in [2.45, 2.75) is 77.9 Å². The van der Waals surface area contributed by atoms with Gasteiger partial charge in [0.1, 0.15) is 5.78 Å². The highest BCUT2D eigenvalue weighted by molar-refractivity contribution is 5.80. The van der Waals surface area contributed by atoms with E-state index in [9.17, 15) is 15.0 Å². The predicted octanol–water partition coefficient (Wildman–Crippen LogP) is 3.49. The van der Waals surface area contributed by atoms with Gasteiger partial charge in [-0.25, -0.2) is 0 Å². The third-order valence-corrected chi connectivity index (χ3v) is 8.55. The molecule has 3 unspecified atom stereocenters. The Morgan fingerprint density at radius 1 is 1.12 bits per heavy atom. The van der Waals surface area contributed by atoms with Crippen LogP contribution in [0, 0.1) is 34.5 Å². The molecule has 4 aliphatic carbocycles. The van der Waals surface area contributed by atoms with E-state index in [0.717, 1.165) is 44.9 Å². The van der Waals surface area contributed by atoms with Crippen molar-refractivity contribution >= 4 is 5.78 Å². The SMILES string of the molecule is CC(=O)[C@H]1CC=C2[C@@H]3CC(O)C4CC(O)CC[C@]4(C)[C@H]3CC[C@@]21C. The lowest BCUT2D eigenvalue weighted by Crippen LogP contribution is -2.56. The molecule has 0 amide bonds. The van der Waals surface area contributed by atoms with Gasteiger partial charge in [0, 0.05) is 5.92 Å². The monoisotopic (exact) mass is 332 g/mol. The summed E-state index contributed by atoms with van der Waals surface area (Å²) in [7, 11) is 0. The number of hydrogen-bond donors (Lipinski definition) is 2. The normalized spacial score (nSPS) is 53.6. The number of aliphatic hydroxyl groups is 2. The molecule has 0 saturated heterocycles. The van der Waals surface area contributed by atoms with Crippen LogP contribution in [0.25, 0.3) is 0 Å². The van der Waals surface area contributed by atoms with Crippen LogP contribution in [0.2, 0.25) is 0 Å². The van der Waals surface area contributed by atoms with Crippen molar-refractivity contribution in [2.75, 3.05) is 0 Å². The Morgan fingerprint density at radius 3 is 2.58 bits per heavy atom. The first-order chi connectivity index (χ1) is 11.3. The summed E-state index contributed by atoms with van der Waals surface area (Å²) in [5.41, 5.74) is 1.63. The van der Waals surface area contributed by atoms with Crippen LogP contribution in [-0.2, 0) is 4.79 Å². The lowest BCUT2D eigenvalue weighted by molar-refractivity contribution is -0.142. The van der Waals surface area contributed by atoms with E-state index in [0.29, 0.717) is 17.6 Å². The van der Waals surface area contributed by atoms with Crippen molar-refractivity contribution in [3.8, 4) is 0 Å². The first kappa shape index (κ1) is 16.8. The second-order valence-corrected chi connectivity index (χ2v) is 9.57. The number of rotatable bonds is 1. The molecule has 0 aliphatic heterocycles. The minimum atomic E-state index is -0.314. The van der Waals surface area contributed by atoms with Crippen molar-refractivity contribution in [2.24, 2.45) is 34.5 Å². The van der Waals surface area contributed by atoms with Gasteiger partial charge < -0.3 is 10.2 Å². The van der Waals surface area contributed by atoms with Crippen molar-refractivity contribution in [3.63, 3.8) is 0 Å². The summed E-state index contributed by atoms with van der Waals surface area (Å²) in [6.07, 6.45) is 8.42. The molecule has 0 spiro atoms. The molecule has 2 N–H and O–H groups in total. The smallest absolute Gasteiger partial charge is 0.134 e. The highest BCUT2D eigenvalue weighted by Crippen LogP contribution is 2.65. The Morgan fingerprint density at radius 2 is 1.88 bits per heavy atom. The van der Waals surface area contributed by atoms with Crippen LogP contribution in [0.15, 0.2) is 11.6 Å². The molecule has 4 aliphatic rings. The fourth-order valence-electron chi connectivity index (χ4n) is 7.23. The van der Waals surface area contributed by atoms with E-state index < -0.39 is 0 Å². The molecule has 0 radical (unpaired) electrons. The quantitative estimate of drug-likeness (QED) is 0.723.